The van der Waals surface area contributed by atoms with Crippen LogP contribution < -0.4 is 4.74 Å². The Bertz CT molecular complexity index is 912. The van der Waals surface area contributed by atoms with Crippen molar-refractivity contribution in [3.63, 3.8) is 0 Å². The number of hydrogen-bond acceptors (Lipinski definition) is 5. The quantitative estimate of drug-likeness (QED) is 0.598. The Hall–Kier alpha value is -2.28. The fourth-order valence-corrected chi connectivity index (χ4v) is 4.83. The molecule has 2 aliphatic heterocycles. The molecule has 0 aliphatic carbocycles. The highest BCUT2D eigenvalue weighted by Gasteiger charge is 2.28. The standard InChI is InChI=1S/C25H38N4O3/c1-19-7-5-11-27(19)12-6-16-31-22-17-20-8-15-29(23(20)26-18-22)21-9-13-28(14-10-21)24(30)32-25(2,3)4/h8,15,17-19,21H,5-7,9-14,16H2,1-4H3/t19-/m1/s1. The largest absolute Gasteiger partial charge is 0.492 e. The van der Waals surface area contributed by atoms with Crippen LogP contribution in [0.25, 0.3) is 11.0 Å². The van der Waals surface area contributed by atoms with Crippen LogP contribution in [0.1, 0.15) is 65.8 Å². The van der Waals surface area contributed by atoms with Crippen molar-refractivity contribution in [2.24, 2.45) is 0 Å². The number of carbonyl (C=O) groups is 1. The van der Waals surface area contributed by atoms with Gasteiger partial charge in [0.15, 0.2) is 0 Å². The molecule has 1 amide bonds. The van der Waals surface area contributed by atoms with Gasteiger partial charge < -0.3 is 23.8 Å². The van der Waals surface area contributed by atoms with E-state index in [1.54, 1.807) is 0 Å². The summed E-state index contributed by atoms with van der Waals surface area (Å²) in [6.45, 7) is 12.5. The molecular weight excluding hydrogens is 404 g/mol. The van der Waals surface area contributed by atoms with Crippen LogP contribution in [-0.4, -0.2) is 69.9 Å². The van der Waals surface area contributed by atoms with Gasteiger partial charge in [0, 0.05) is 43.3 Å². The molecule has 2 aromatic rings. The highest BCUT2D eigenvalue weighted by Crippen LogP contribution is 2.29. The molecule has 0 bridgehead atoms. The fraction of sp³-hybridized carbons (Fsp3) is 0.680. The van der Waals surface area contributed by atoms with Crippen molar-refractivity contribution in [2.45, 2.75) is 77.5 Å². The number of piperidine rings is 1. The van der Waals surface area contributed by atoms with E-state index in [1.807, 2.05) is 31.9 Å². The molecule has 0 aromatic carbocycles. The molecule has 32 heavy (non-hydrogen) atoms. The highest BCUT2D eigenvalue weighted by molar-refractivity contribution is 5.77. The summed E-state index contributed by atoms with van der Waals surface area (Å²) >= 11 is 0. The third-order valence-corrected chi connectivity index (χ3v) is 6.59. The smallest absolute Gasteiger partial charge is 0.410 e. The maximum absolute atomic E-state index is 12.3. The summed E-state index contributed by atoms with van der Waals surface area (Å²) in [6, 6.07) is 5.26. The molecule has 2 aromatic heterocycles. The topological polar surface area (TPSA) is 59.8 Å². The Kier molecular flexibility index (Phi) is 6.93. The van der Waals surface area contributed by atoms with Gasteiger partial charge in [-0.1, -0.05) is 0 Å². The second-order valence-corrected chi connectivity index (χ2v) is 10.2. The number of hydrogen-bond donors (Lipinski definition) is 0. The molecule has 0 radical (unpaired) electrons. The van der Waals surface area contributed by atoms with Crippen LogP contribution in [0.4, 0.5) is 4.79 Å². The summed E-state index contributed by atoms with van der Waals surface area (Å²) in [5.74, 6) is 0.837. The molecule has 1 atom stereocenters. The maximum Gasteiger partial charge on any atom is 0.410 e. The predicted molar refractivity (Wildman–Crippen MR) is 126 cm³/mol. The van der Waals surface area contributed by atoms with Crippen LogP contribution in [0.2, 0.25) is 0 Å². The van der Waals surface area contributed by atoms with E-state index in [2.05, 4.69) is 34.7 Å². The fourth-order valence-electron chi connectivity index (χ4n) is 4.83. The van der Waals surface area contributed by atoms with Crippen LogP contribution in [-0.2, 0) is 4.74 Å². The first-order valence-corrected chi connectivity index (χ1v) is 12.1. The lowest BCUT2D eigenvalue weighted by atomic mass is 10.1. The SMILES string of the molecule is C[C@@H]1CCCN1CCCOc1cnc2c(ccn2C2CCN(C(=O)OC(C)(C)C)CC2)c1. The van der Waals surface area contributed by atoms with Crippen molar-refractivity contribution in [3.05, 3.63) is 24.5 Å². The zero-order valence-corrected chi connectivity index (χ0v) is 20.0. The van der Waals surface area contributed by atoms with Crippen molar-refractivity contribution in [3.8, 4) is 5.75 Å². The summed E-state index contributed by atoms with van der Waals surface area (Å²) in [7, 11) is 0. The number of amides is 1. The van der Waals surface area contributed by atoms with E-state index in [-0.39, 0.29) is 6.09 Å². The average Bonchev–Trinajstić information content (AvgIpc) is 3.35. The van der Waals surface area contributed by atoms with Gasteiger partial charge in [-0.05, 0) is 78.5 Å². The molecule has 0 unspecified atom stereocenters. The third kappa shape index (κ3) is 5.55. The number of rotatable bonds is 6. The number of ether oxygens (including phenoxy) is 2. The molecule has 0 N–H and O–H groups in total. The highest BCUT2D eigenvalue weighted by atomic mass is 16.6. The summed E-state index contributed by atoms with van der Waals surface area (Å²) in [5.41, 5.74) is 0.528. The molecule has 2 aliphatic rings. The van der Waals surface area contributed by atoms with Gasteiger partial charge >= 0.3 is 6.09 Å². The number of nitrogens with zero attached hydrogens (tertiary/aromatic N) is 4. The first kappa shape index (κ1) is 22.9. The second-order valence-electron chi connectivity index (χ2n) is 10.2. The van der Waals surface area contributed by atoms with Gasteiger partial charge in [0.25, 0.3) is 0 Å². The van der Waals surface area contributed by atoms with E-state index in [4.69, 9.17) is 14.5 Å². The van der Waals surface area contributed by atoms with Crippen LogP contribution >= 0.6 is 0 Å². The van der Waals surface area contributed by atoms with Gasteiger partial charge in [-0.15, -0.1) is 0 Å². The normalized spacial score (nSPS) is 20.8. The van der Waals surface area contributed by atoms with Crippen LogP contribution in [0.15, 0.2) is 24.5 Å². The van der Waals surface area contributed by atoms with Gasteiger partial charge in [0.1, 0.15) is 17.0 Å². The van der Waals surface area contributed by atoms with Crippen molar-refractivity contribution in [2.75, 3.05) is 32.8 Å². The first-order chi connectivity index (χ1) is 15.3. The minimum Gasteiger partial charge on any atom is -0.492 e. The molecule has 7 nitrogen and oxygen atoms in total. The van der Waals surface area contributed by atoms with Gasteiger partial charge in [-0.2, -0.15) is 0 Å². The Labute approximate surface area is 191 Å². The lowest BCUT2D eigenvalue weighted by Crippen LogP contribution is -2.42. The van der Waals surface area contributed by atoms with E-state index < -0.39 is 5.60 Å². The zero-order chi connectivity index (χ0) is 22.7. The summed E-state index contributed by atoms with van der Waals surface area (Å²) < 4.78 is 13.8. The van der Waals surface area contributed by atoms with E-state index in [9.17, 15) is 4.79 Å². The van der Waals surface area contributed by atoms with Crippen LogP contribution in [0.5, 0.6) is 5.75 Å². The van der Waals surface area contributed by atoms with Crippen molar-refractivity contribution < 1.29 is 14.3 Å². The van der Waals surface area contributed by atoms with Gasteiger partial charge in [-0.25, -0.2) is 9.78 Å². The lowest BCUT2D eigenvalue weighted by Gasteiger charge is -2.34. The minimum absolute atomic E-state index is 0.215. The summed E-state index contributed by atoms with van der Waals surface area (Å²) in [6.07, 6.45) is 9.22. The van der Waals surface area contributed by atoms with E-state index in [1.165, 1.54) is 19.4 Å². The van der Waals surface area contributed by atoms with Gasteiger partial charge in [0.2, 0.25) is 0 Å². The van der Waals surface area contributed by atoms with E-state index in [0.29, 0.717) is 25.2 Å². The van der Waals surface area contributed by atoms with Crippen LogP contribution in [0, 0.1) is 0 Å². The average molecular weight is 443 g/mol. The molecule has 4 heterocycles. The van der Waals surface area contributed by atoms with Gasteiger partial charge in [0.05, 0.1) is 12.8 Å². The van der Waals surface area contributed by atoms with E-state index >= 15 is 0 Å². The number of fused-ring (bicyclic) bond motifs is 1. The van der Waals surface area contributed by atoms with Crippen molar-refractivity contribution in [1.29, 1.82) is 0 Å². The molecule has 4 rings (SSSR count). The van der Waals surface area contributed by atoms with Crippen molar-refractivity contribution >= 4 is 17.1 Å². The molecular formula is C25H38N4O3. The second kappa shape index (κ2) is 9.69. The Morgan fingerprint density at radius 2 is 1.97 bits per heavy atom. The molecule has 2 fully saturated rings. The van der Waals surface area contributed by atoms with Crippen LogP contribution in [0.3, 0.4) is 0 Å². The number of carbonyl (C=O) groups excluding carboxylic acids is 1. The first-order valence-electron chi connectivity index (χ1n) is 12.1. The third-order valence-electron chi connectivity index (χ3n) is 6.59. The summed E-state index contributed by atoms with van der Waals surface area (Å²) in [4.78, 5) is 21.4. The van der Waals surface area contributed by atoms with Crippen molar-refractivity contribution in [1.82, 2.24) is 19.4 Å². The molecule has 7 heteroatoms. The lowest BCUT2D eigenvalue weighted by molar-refractivity contribution is 0.0189. The Morgan fingerprint density at radius 1 is 1.19 bits per heavy atom. The maximum atomic E-state index is 12.3. The molecule has 0 saturated carbocycles. The van der Waals surface area contributed by atoms with E-state index in [0.717, 1.165) is 49.2 Å². The number of likely N-dealkylation sites (tertiary alicyclic amines) is 2. The predicted octanol–water partition coefficient (Wildman–Crippen LogP) is 4.86. The molecule has 0 spiro atoms. The monoisotopic (exact) mass is 442 g/mol. The number of pyridine rings is 1. The molecule has 2 saturated heterocycles. The molecule has 176 valence electrons. The zero-order valence-electron chi connectivity index (χ0n) is 20.0. The summed E-state index contributed by atoms with van der Waals surface area (Å²) in [5, 5.41) is 1.10. The van der Waals surface area contributed by atoms with Gasteiger partial charge in [-0.3, -0.25) is 0 Å². The number of aromatic nitrogens is 2. The Morgan fingerprint density at radius 3 is 2.66 bits per heavy atom. The Balaban J connectivity index is 1.29. The minimum atomic E-state index is -0.457.